The molecule has 296 valence electrons. The fraction of sp³-hybridized carbons (Fsp3) is 0.0545. The van der Waals surface area contributed by atoms with E-state index in [-0.39, 0.29) is 0 Å². The highest BCUT2D eigenvalue weighted by atomic mass is 16.5. The van der Waals surface area contributed by atoms with Crippen LogP contribution in [0.15, 0.2) is 194 Å². The lowest BCUT2D eigenvalue weighted by Crippen LogP contribution is -2.14. The highest BCUT2D eigenvalue weighted by Crippen LogP contribution is 2.36. The van der Waals surface area contributed by atoms with Gasteiger partial charge in [0.05, 0.1) is 25.3 Å². The zero-order valence-corrected chi connectivity index (χ0v) is 34.4. The summed E-state index contributed by atoms with van der Waals surface area (Å²) in [4.78, 5) is 4.37. The number of para-hydroxylation sites is 2. The van der Waals surface area contributed by atoms with Gasteiger partial charge in [0, 0.05) is 44.9 Å². The van der Waals surface area contributed by atoms with Gasteiger partial charge in [-0.1, -0.05) is 116 Å². The second-order valence-corrected chi connectivity index (χ2v) is 14.1. The van der Waals surface area contributed by atoms with Gasteiger partial charge in [0.1, 0.15) is 23.6 Å². The first-order chi connectivity index (χ1) is 29.9. The number of hydrogen-bond donors (Lipinski definition) is 0. The molecule has 0 spiro atoms. The molecule has 0 saturated carbocycles. The molecule has 0 heterocycles. The summed E-state index contributed by atoms with van der Waals surface area (Å²) in [6.45, 7) is 5.87. The molecule has 7 aromatic rings. The maximum Gasteiger partial charge on any atom is 0.119 e. The Kier molecular flexibility index (Phi) is 13.0. The van der Waals surface area contributed by atoms with Gasteiger partial charge < -0.3 is 19.3 Å². The molecule has 61 heavy (non-hydrogen) atoms. The highest BCUT2D eigenvalue weighted by Gasteiger charge is 2.15. The van der Waals surface area contributed by atoms with Crippen LogP contribution in [0.25, 0.3) is 35.1 Å². The summed E-state index contributed by atoms with van der Waals surface area (Å²) >= 11 is 0. The number of hydrogen-bond acceptors (Lipinski definition) is 6. The van der Waals surface area contributed by atoms with Crippen LogP contribution in [0.3, 0.4) is 0 Å². The van der Waals surface area contributed by atoms with Gasteiger partial charge in [-0.25, -0.2) is 0 Å². The van der Waals surface area contributed by atoms with Crippen molar-refractivity contribution in [1.29, 1.82) is 10.5 Å². The zero-order chi connectivity index (χ0) is 42.6. The van der Waals surface area contributed by atoms with Crippen molar-refractivity contribution in [2.75, 3.05) is 24.0 Å². The van der Waals surface area contributed by atoms with Crippen molar-refractivity contribution in [3.05, 3.63) is 227 Å². The van der Waals surface area contributed by atoms with Crippen molar-refractivity contribution in [3.8, 4) is 17.9 Å². The Bertz CT molecular complexity index is 2840. The average Bonchev–Trinajstić information content (AvgIpc) is 3.32. The summed E-state index contributed by atoms with van der Waals surface area (Å²) in [6, 6.07) is 57.5. The highest BCUT2D eigenvalue weighted by molar-refractivity contribution is 5.98. The van der Waals surface area contributed by atoms with E-state index in [2.05, 4.69) is 108 Å². The lowest BCUT2D eigenvalue weighted by atomic mass is 9.93. The van der Waals surface area contributed by atoms with Crippen LogP contribution >= 0.6 is 0 Å². The van der Waals surface area contributed by atoms with Gasteiger partial charge in [-0.05, 0) is 120 Å². The molecule has 0 aliphatic heterocycles. The second-order valence-electron chi connectivity index (χ2n) is 14.1. The average molecular weight is 793 g/mol. The van der Waals surface area contributed by atoms with Crippen LogP contribution in [0.1, 0.15) is 40.3 Å². The Balaban J connectivity index is 1.12. The smallest absolute Gasteiger partial charge is 0.119 e. The maximum atomic E-state index is 10.4. The van der Waals surface area contributed by atoms with Crippen molar-refractivity contribution >= 4 is 63.5 Å². The first kappa shape index (κ1) is 40.9. The Hall–Kier alpha value is -8.32. The van der Waals surface area contributed by atoms with Crippen molar-refractivity contribution in [3.63, 3.8) is 0 Å². The topological polar surface area (TPSA) is 72.5 Å². The summed E-state index contributed by atoms with van der Waals surface area (Å²) in [6.07, 6.45) is 13.5. The standard InChI is InChI=1S/C55H44N4O2/c1-5-50(60-3)33-16-40(2)58(45-12-8-6-9-13-45)47-27-19-41(20-28-47)17-23-43-25-36-53-52(54(43)38-56)37-26-44(55(53)39-57)24-18-42-21-29-48(30-22-42)59(46-14-10-7-11-15-46)49-31-34-51(61-4)35-32-49/h5-37H,1H2,2-4H3/b23-17+,24-18+,40-16+,50-33+. The summed E-state index contributed by atoms with van der Waals surface area (Å²) < 4.78 is 10.8. The second kappa shape index (κ2) is 19.4. The normalized spacial score (nSPS) is 11.6. The molecule has 0 bridgehead atoms. The number of nitrogens with zero attached hydrogens (tertiary/aromatic N) is 4. The Morgan fingerprint density at radius 2 is 0.967 bits per heavy atom. The van der Waals surface area contributed by atoms with Crippen LogP contribution in [0, 0.1) is 22.7 Å². The molecule has 0 aliphatic carbocycles. The van der Waals surface area contributed by atoms with Crippen molar-refractivity contribution in [1.82, 2.24) is 0 Å². The fourth-order valence-corrected chi connectivity index (χ4v) is 7.19. The van der Waals surface area contributed by atoms with Gasteiger partial charge in [0.2, 0.25) is 0 Å². The van der Waals surface area contributed by atoms with Gasteiger partial charge in [-0.3, -0.25) is 0 Å². The minimum Gasteiger partial charge on any atom is -0.497 e. The Morgan fingerprint density at radius 1 is 0.525 bits per heavy atom. The molecule has 0 amide bonds. The van der Waals surface area contributed by atoms with E-state index in [0.717, 1.165) is 72.9 Å². The quantitative estimate of drug-likeness (QED) is 0.0620. The van der Waals surface area contributed by atoms with Gasteiger partial charge >= 0.3 is 0 Å². The molecule has 6 heteroatoms. The molecule has 6 nitrogen and oxygen atoms in total. The molecule has 7 rings (SSSR count). The van der Waals surface area contributed by atoms with Crippen LogP contribution in [-0.4, -0.2) is 14.2 Å². The number of nitriles is 2. The number of rotatable bonds is 14. The molecule has 0 unspecified atom stereocenters. The van der Waals surface area contributed by atoms with Crippen molar-refractivity contribution in [2.24, 2.45) is 0 Å². The van der Waals surface area contributed by atoms with Gasteiger partial charge in [0.25, 0.3) is 0 Å². The van der Waals surface area contributed by atoms with E-state index in [0.29, 0.717) is 16.9 Å². The molecule has 0 aromatic heterocycles. The lowest BCUT2D eigenvalue weighted by molar-refractivity contribution is 0.307. The molecular formula is C55H44N4O2. The number of methoxy groups -OCH3 is 2. The number of allylic oxidation sites excluding steroid dienone is 4. The molecule has 0 aliphatic rings. The van der Waals surface area contributed by atoms with Crippen LogP contribution < -0.4 is 14.5 Å². The first-order valence-corrected chi connectivity index (χ1v) is 19.8. The monoisotopic (exact) mass is 792 g/mol. The van der Waals surface area contributed by atoms with Crippen LogP contribution in [-0.2, 0) is 4.74 Å². The SMILES string of the molecule is C=C/C(=C\C=C(/C)N(c1ccccc1)c1ccc(/C=C/c2ccc3c(C#N)c(/C=C/c4ccc(N(c5ccccc5)c5ccc(OC)cc5)cc4)ccc3c2C#N)cc1)OC. The van der Waals surface area contributed by atoms with E-state index in [4.69, 9.17) is 9.47 Å². The maximum absolute atomic E-state index is 10.4. The summed E-state index contributed by atoms with van der Waals surface area (Å²) in [5, 5.41) is 22.2. The third-order valence-electron chi connectivity index (χ3n) is 10.3. The first-order valence-electron chi connectivity index (χ1n) is 19.8. The minimum absolute atomic E-state index is 0.520. The Labute approximate surface area is 358 Å². The van der Waals surface area contributed by atoms with E-state index >= 15 is 0 Å². The summed E-state index contributed by atoms with van der Waals surface area (Å²) in [5.74, 6) is 1.48. The molecule has 0 fully saturated rings. The van der Waals surface area contributed by atoms with Crippen molar-refractivity contribution < 1.29 is 9.47 Å². The zero-order valence-electron chi connectivity index (χ0n) is 34.4. The molecule has 7 aromatic carbocycles. The van der Waals surface area contributed by atoms with Gasteiger partial charge in [-0.2, -0.15) is 10.5 Å². The molecule has 0 atom stereocenters. The predicted octanol–water partition coefficient (Wildman–Crippen LogP) is 14.2. The molecular weight excluding hydrogens is 749 g/mol. The van der Waals surface area contributed by atoms with Crippen LogP contribution in [0.4, 0.5) is 28.4 Å². The number of benzene rings is 7. The van der Waals surface area contributed by atoms with E-state index in [1.165, 1.54) is 0 Å². The van der Waals surface area contributed by atoms with Crippen molar-refractivity contribution in [2.45, 2.75) is 6.92 Å². The third-order valence-corrected chi connectivity index (χ3v) is 10.3. The van der Waals surface area contributed by atoms with E-state index < -0.39 is 0 Å². The lowest BCUT2D eigenvalue weighted by Gasteiger charge is -2.26. The van der Waals surface area contributed by atoms with Gasteiger partial charge in [0.15, 0.2) is 0 Å². The number of anilines is 5. The van der Waals surface area contributed by atoms with E-state index in [1.807, 2.05) is 121 Å². The minimum atomic E-state index is 0.520. The largest absolute Gasteiger partial charge is 0.497 e. The van der Waals surface area contributed by atoms with Crippen LogP contribution in [0.5, 0.6) is 5.75 Å². The summed E-state index contributed by atoms with van der Waals surface area (Å²) in [5.41, 5.74) is 10.7. The molecule has 0 radical (unpaired) electrons. The Morgan fingerprint density at radius 3 is 1.43 bits per heavy atom. The molecule has 0 saturated heterocycles. The van der Waals surface area contributed by atoms with E-state index in [9.17, 15) is 10.5 Å². The third kappa shape index (κ3) is 9.37. The number of ether oxygens (including phenoxy) is 2. The van der Waals surface area contributed by atoms with Gasteiger partial charge in [-0.15, -0.1) is 0 Å². The molecule has 0 N–H and O–H groups in total. The predicted molar refractivity (Wildman–Crippen MR) is 253 cm³/mol. The number of fused-ring (bicyclic) bond motifs is 1. The fourth-order valence-electron chi connectivity index (χ4n) is 7.19. The summed E-state index contributed by atoms with van der Waals surface area (Å²) in [7, 11) is 3.29. The van der Waals surface area contributed by atoms with Crippen LogP contribution in [0.2, 0.25) is 0 Å². The van der Waals surface area contributed by atoms with E-state index in [1.54, 1.807) is 20.3 Å².